The van der Waals surface area contributed by atoms with E-state index in [4.69, 9.17) is 4.74 Å². The molecule has 0 fully saturated rings. The molecule has 130 valence electrons. The monoisotopic (exact) mass is 361 g/mol. The van der Waals surface area contributed by atoms with Gasteiger partial charge in [-0.15, -0.1) is 13.2 Å². The molecule has 2 aromatic carbocycles. The number of rotatable bonds is 6. The summed E-state index contributed by atoms with van der Waals surface area (Å²) in [6.07, 6.45) is -4.83. The summed E-state index contributed by atoms with van der Waals surface area (Å²) in [4.78, 5) is -0.196. The minimum absolute atomic E-state index is 0.196. The minimum atomic E-state index is -4.83. The zero-order valence-corrected chi connectivity index (χ0v) is 13.3. The number of alkyl halides is 3. The van der Waals surface area contributed by atoms with Crippen molar-refractivity contribution in [3.63, 3.8) is 0 Å². The van der Waals surface area contributed by atoms with Crippen LogP contribution in [0.1, 0.15) is 6.92 Å². The van der Waals surface area contributed by atoms with Gasteiger partial charge in [0.2, 0.25) is 0 Å². The van der Waals surface area contributed by atoms with Gasteiger partial charge in [-0.2, -0.15) is 0 Å². The molecule has 2 aromatic rings. The van der Waals surface area contributed by atoms with E-state index in [9.17, 15) is 21.6 Å². The molecule has 0 aliphatic rings. The molecule has 0 bridgehead atoms. The quantitative estimate of drug-likeness (QED) is 0.850. The van der Waals surface area contributed by atoms with E-state index in [2.05, 4.69) is 9.46 Å². The van der Waals surface area contributed by atoms with Crippen molar-refractivity contribution in [3.05, 3.63) is 48.5 Å². The molecule has 9 heteroatoms. The van der Waals surface area contributed by atoms with Crippen molar-refractivity contribution in [2.75, 3.05) is 11.3 Å². The van der Waals surface area contributed by atoms with Gasteiger partial charge in [-0.05, 0) is 43.3 Å². The first kappa shape index (κ1) is 17.9. The highest BCUT2D eigenvalue weighted by Gasteiger charge is 2.31. The molecule has 1 N–H and O–H groups in total. The largest absolute Gasteiger partial charge is 0.573 e. The van der Waals surface area contributed by atoms with Gasteiger partial charge in [0.05, 0.1) is 17.2 Å². The molecule has 0 aliphatic carbocycles. The van der Waals surface area contributed by atoms with E-state index in [1.165, 1.54) is 12.1 Å². The van der Waals surface area contributed by atoms with E-state index < -0.39 is 22.1 Å². The Morgan fingerprint density at radius 2 is 1.71 bits per heavy atom. The van der Waals surface area contributed by atoms with Crippen LogP contribution in [0, 0.1) is 0 Å². The third-order valence-electron chi connectivity index (χ3n) is 2.76. The number of benzene rings is 2. The first-order valence-corrected chi connectivity index (χ1v) is 8.29. The minimum Gasteiger partial charge on any atom is -0.494 e. The number of hydrogen-bond donors (Lipinski definition) is 1. The molecule has 0 spiro atoms. The van der Waals surface area contributed by atoms with Crippen LogP contribution >= 0.6 is 0 Å². The molecule has 0 saturated heterocycles. The maximum Gasteiger partial charge on any atom is 0.573 e. The lowest BCUT2D eigenvalue weighted by molar-refractivity contribution is -0.274. The smallest absolute Gasteiger partial charge is 0.494 e. The van der Waals surface area contributed by atoms with Crippen molar-refractivity contribution < 1.29 is 31.1 Å². The van der Waals surface area contributed by atoms with Crippen LogP contribution in [0.5, 0.6) is 11.5 Å². The average molecular weight is 361 g/mol. The average Bonchev–Trinajstić information content (AvgIpc) is 2.46. The van der Waals surface area contributed by atoms with Crippen molar-refractivity contribution in [3.8, 4) is 11.5 Å². The van der Waals surface area contributed by atoms with Crippen LogP contribution in [0.25, 0.3) is 0 Å². The molecule has 0 aromatic heterocycles. The summed E-state index contributed by atoms with van der Waals surface area (Å²) in [5, 5.41) is 0. The summed E-state index contributed by atoms with van der Waals surface area (Å²) < 4.78 is 72.1. The number of anilines is 1. The molecular formula is C15H14F3NO4S. The summed E-state index contributed by atoms with van der Waals surface area (Å²) in [6, 6.07) is 10.2. The van der Waals surface area contributed by atoms with Crippen molar-refractivity contribution in [1.29, 1.82) is 0 Å². The molecule has 24 heavy (non-hydrogen) atoms. The van der Waals surface area contributed by atoms with Crippen LogP contribution in [-0.2, 0) is 10.0 Å². The van der Waals surface area contributed by atoms with Crippen LogP contribution < -0.4 is 14.2 Å². The van der Waals surface area contributed by atoms with Crippen molar-refractivity contribution >= 4 is 15.7 Å². The third-order valence-corrected chi connectivity index (χ3v) is 4.16. The van der Waals surface area contributed by atoms with Crippen LogP contribution in [0.3, 0.4) is 0 Å². The fraction of sp³-hybridized carbons (Fsp3) is 0.200. The second-order valence-electron chi connectivity index (χ2n) is 4.59. The van der Waals surface area contributed by atoms with Gasteiger partial charge < -0.3 is 9.47 Å². The second kappa shape index (κ2) is 7.00. The van der Waals surface area contributed by atoms with Crippen molar-refractivity contribution in [2.24, 2.45) is 0 Å². The molecule has 0 radical (unpaired) electrons. The standard InChI is InChI=1S/C15H14F3NO4S/c1-2-22-13-5-3-4-11(10-13)19-24(20,21)14-8-6-12(7-9-14)23-15(16,17)18/h3-10,19H,2H2,1H3. The molecule has 0 unspecified atom stereocenters. The maximum absolute atomic E-state index is 12.3. The highest BCUT2D eigenvalue weighted by atomic mass is 32.2. The molecule has 5 nitrogen and oxygen atoms in total. The normalized spacial score (nSPS) is 11.8. The summed E-state index contributed by atoms with van der Waals surface area (Å²) in [6.45, 7) is 2.22. The second-order valence-corrected chi connectivity index (χ2v) is 6.27. The summed E-state index contributed by atoms with van der Waals surface area (Å²) in [7, 11) is -3.95. The van der Waals surface area contributed by atoms with Gasteiger partial charge in [0, 0.05) is 6.07 Å². The first-order chi connectivity index (χ1) is 11.2. The van der Waals surface area contributed by atoms with E-state index in [0.29, 0.717) is 12.4 Å². The van der Waals surface area contributed by atoms with Crippen LogP contribution in [0.2, 0.25) is 0 Å². The molecule has 2 rings (SSSR count). The van der Waals surface area contributed by atoms with E-state index >= 15 is 0 Å². The Morgan fingerprint density at radius 1 is 1.04 bits per heavy atom. The van der Waals surface area contributed by atoms with E-state index in [0.717, 1.165) is 24.3 Å². The topological polar surface area (TPSA) is 64.6 Å². The predicted octanol–water partition coefficient (Wildman–Crippen LogP) is 3.78. The van der Waals surface area contributed by atoms with Crippen LogP contribution in [0.4, 0.5) is 18.9 Å². The van der Waals surface area contributed by atoms with Crippen LogP contribution in [0.15, 0.2) is 53.4 Å². The zero-order chi connectivity index (χ0) is 17.8. The Balaban J connectivity index is 2.17. The molecular weight excluding hydrogens is 347 g/mol. The first-order valence-electron chi connectivity index (χ1n) is 6.81. The fourth-order valence-corrected chi connectivity index (χ4v) is 2.90. The van der Waals surface area contributed by atoms with Crippen molar-refractivity contribution in [1.82, 2.24) is 0 Å². The number of hydrogen-bond acceptors (Lipinski definition) is 4. The number of nitrogens with one attached hydrogen (secondary N) is 1. The lowest BCUT2D eigenvalue weighted by Gasteiger charge is -2.11. The van der Waals surface area contributed by atoms with Gasteiger partial charge in [-0.3, -0.25) is 4.72 Å². The molecule has 0 aliphatic heterocycles. The van der Waals surface area contributed by atoms with Crippen molar-refractivity contribution in [2.45, 2.75) is 18.2 Å². The lowest BCUT2D eigenvalue weighted by Crippen LogP contribution is -2.17. The molecule has 0 amide bonds. The molecule has 0 saturated carbocycles. The zero-order valence-electron chi connectivity index (χ0n) is 12.5. The fourth-order valence-electron chi connectivity index (χ4n) is 1.85. The Morgan fingerprint density at radius 3 is 2.29 bits per heavy atom. The molecule has 0 heterocycles. The SMILES string of the molecule is CCOc1cccc(NS(=O)(=O)c2ccc(OC(F)(F)F)cc2)c1. The van der Waals surface area contributed by atoms with E-state index in [1.807, 2.05) is 0 Å². The van der Waals surface area contributed by atoms with Gasteiger partial charge in [0.15, 0.2) is 0 Å². The van der Waals surface area contributed by atoms with Crippen LogP contribution in [-0.4, -0.2) is 21.4 Å². The van der Waals surface area contributed by atoms with Gasteiger partial charge in [-0.25, -0.2) is 8.42 Å². The Bertz CT molecular complexity index is 789. The van der Waals surface area contributed by atoms with Gasteiger partial charge >= 0.3 is 6.36 Å². The van der Waals surface area contributed by atoms with Gasteiger partial charge in [0.25, 0.3) is 10.0 Å². The molecule has 0 atom stereocenters. The highest BCUT2D eigenvalue weighted by Crippen LogP contribution is 2.25. The van der Waals surface area contributed by atoms with Gasteiger partial charge in [-0.1, -0.05) is 6.07 Å². The summed E-state index contributed by atoms with van der Waals surface area (Å²) in [5.41, 5.74) is 0.275. The number of sulfonamides is 1. The summed E-state index contributed by atoms with van der Waals surface area (Å²) in [5.74, 6) is -0.00795. The predicted molar refractivity (Wildman–Crippen MR) is 81.5 cm³/mol. The highest BCUT2D eigenvalue weighted by molar-refractivity contribution is 7.92. The van der Waals surface area contributed by atoms with Gasteiger partial charge in [0.1, 0.15) is 11.5 Å². The van der Waals surface area contributed by atoms with E-state index in [1.54, 1.807) is 19.1 Å². The Hall–Kier alpha value is -2.42. The number of halogens is 3. The Labute approximate surface area is 137 Å². The third kappa shape index (κ3) is 5.05. The van der Waals surface area contributed by atoms with E-state index in [-0.39, 0.29) is 10.6 Å². The lowest BCUT2D eigenvalue weighted by atomic mass is 10.3. The Kier molecular flexibility index (Phi) is 5.23. The number of ether oxygens (including phenoxy) is 2. The summed E-state index contributed by atoms with van der Waals surface area (Å²) >= 11 is 0. The maximum atomic E-state index is 12.3.